The zero-order valence-electron chi connectivity index (χ0n) is 20.4. The zero-order chi connectivity index (χ0) is 24.5. The number of piperazine rings is 1. The van der Waals surface area contributed by atoms with Crippen molar-refractivity contribution in [1.82, 2.24) is 10.2 Å². The molecule has 0 bridgehead atoms. The van der Waals surface area contributed by atoms with E-state index in [4.69, 9.17) is 9.47 Å². The third-order valence-corrected chi connectivity index (χ3v) is 6.08. The number of para-hydroxylation sites is 2. The van der Waals surface area contributed by atoms with Gasteiger partial charge in [0.1, 0.15) is 11.5 Å². The Morgan fingerprint density at radius 1 is 0.833 bits per heavy atom. The SMILES string of the molecule is COc1ccccc1N1CCN(CCCNC(=O)Oc2ccc(C(=O)c3ccccc3)cc2)CC1.Cl. The molecule has 0 unspecified atom stereocenters. The standard InChI is InChI=1S/C28H31N3O4.ClH/c1-34-26-11-6-5-10-25(26)31-20-18-30(19-21-31)17-7-16-29-28(33)35-24-14-12-23(13-15-24)27(32)22-8-3-2-4-9-22;/h2-6,8-15H,7,16-21H2,1H3,(H,29,33);1H. The van der Waals surface area contributed by atoms with Gasteiger partial charge in [-0.1, -0.05) is 42.5 Å². The Hall–Kier alpha value is -3.55. The summed E-state index contributed by atoms with van der Waals surface area (Å²) >= 11 is 0. The highest BCUT2D eigenvalue weighted by Crippen LogP contribution is 2.28. The number of rotatable bonds is 9. The molecular formula is C28H32ClN3O4. The molecule has 1 aliphatic rings. The summed E-state index contributed by atoms with van der Waals surface area (Å²) in [6, 6.07) is 23.8. The minimum Gasteiger partial charge on any atom is -0.495 e. The highest BCUT2D eigenvalue weighted by atomic mass is 35.5. The fourth-order valence-corrected chi connectivity index (χ4v) is 4.17. The number of hydrogen-bond donors (Lipinski definition) is 1. The van der Waals surface area contributed by atoms with E-state index in [0.29, 0.717) is 23.4 Å². The van der Waals surface area contributed by atoms with E-state index < -0.39 is 6.09 Å². The van der Waals surface area contributed by atoms with Crippen molar-refractivity contribution in [2.75, 3.05) is 51.3 Å². The van der Waals surface area contributed by atoms with Crippen molar-refractivity contribution >= 4 is 30.0 Å². The Balaban J connectivity index is 0.00000361. The lowest BCUT2D eigenvalue weighted by molar-refractivity contribution is 0.103. The van der Waals surface area contributed by atoms with Crippen LogP contribution in [0.2, 0.25) is 0 Å². The molecule has 1 aliphatic heterocycles. The maximum absolute atomic E-state index is 12.5. The summed E-state index contributed by atoms with van der Waals surface area (Å²) in [7, 11) is 1.70. The van der Waals surface area contributed by atoms with Crippen molar-refractivity contribution in [3.05, 3.63) is 90.0 Å². The number of halogens is 1. The molecule has 0 spiro atoms. The second kappa shape index (κ2) is 13.5. The maximum atomic E-state index is 12.5. The largest absolute Gasteiger partial charge is 0.495 e. The number of carbonyl (C=O) groups excluding carboxylic acids is 2. The first-order valence-corrected chi connectivity index (χ1v) is 11.9. The van der Waals surface area contributed by atoms with E-state index in [9.17, 15) is 9.59 Å². The summed E-state index contributed by atoms with van der Waals surface area (Å²) in [6.07, 6.45) is 0.349. The molecule has 4 rings (SSSR count). The summed E-state index contributed by atoms with van der Waals surface area (Å²) in [5.41, 5.74) is 2.31. The summed E-state index contributed by atoms with van der Waals surface area (Å²) in [5.74, 6) is 1.24. The van der Waals surface area contributed by atoms with Crippen molar-refractivity contribution in [3.63, 3.8) is 0 Å². The van der Waals surface area contributed by atoms with Crippen molar-refractivity contribution in [1.29, 1.82) is 0 Å². The molecule has 0 atom stereocenters. The van der Waals surface area contributed by atoms with Gasteiger partial charge in [0.2, 0.25) is 0 Å². The van der Waals surface area contributed by atoms with Gasteiger partial charge in [0.25, 0.3) is 0 Å². The van der Waals surface area contributed by atoms with Crippen LogP contribution in [0.3, 0.4) is 0 Å². The Bertz CT molecular complexity index is 1120. The molecule has 3 aromatic rings. The van der Waals surface area contributed by atoms with Crippen LogP contribution in [0.1, 0.15) is 22.3 Å². The van der Waals surface area contributed by atoms with Crippen LogP contribution < -0.4 is 19.7 Å². The summed E-state index contributed by atoms with van der Waals surface area (Å²) in [4.78, 5) is 29.4. The van der Waals surface area contributed by atoms with Crippen LogP contribution in [0, 0.1) is 0 Å². The molecule has 7 nitrogen and oxygen atoms in total. The number of carbonyl (C=O) groups is 2. The van der Waals surface area contributed by atoms with E-state index in [1.54, 1.807) is 43.5 Å². The van der Waals surface area contributed by atoms with Crippen LogP contribution >= 0.6 is 12.4 Å². The number of nitrogens with zero attached hydrogens (tertiary/aromatic N) is 2. The van der Waals surface area contributed by atoms with Crippen molar-refractivity contribution in [2.24, 2.45) is 0 Å². The minimum atomic E-state index is -0.492. The molecule has 1 N–H and O–H groups in total. The average molecular weight is 510 g/mol. The van der Waals surface area contributed by atoms with Gasteiger partial charge >= 0.3 is 6.09 Å². The normalized spacial score (nSPS) is 13.4. The van der Waals surface area contributed by atoms with Gasteiger partial charge in [-0.3, -0.25) is 9.69 Å². The van der Waals surface area contributed by atoms with Crippen LogP contribution in [-0.4, -0.2) is 63.2 Å². The van der Waals surface area contributed by atoms with E-state index in [0.717, 1.165) is 50.6 Å². The first-order chi connectivity index (χ1) is 17.1. The van der Waals surface area contributed by atoms with Crippen LogP contribution in [0.25, 0.3) is 0 Å². The summed E-state index contributed by atoms with van der Waals surface area (Å²) in [5, 5.41) is 2.80. The Labute approximate surface area is 218 Å². The van der Waals surface area contributed by atoms with E-state index in [1.165, 1.54) is 0 Å². The fourth-order valence-electron chi connectivity index (χ4n) is 4.17. The van der Waals surface area contributed by atoms with E-state index in [1.807, 2.05) is 36.4 Å². The zero-order valence-corrected chi connectivity index (χ0v) is 21.2. The number of ether oxygens (including phenoxy) is 2. The van der Waals surface area contributed by atoms with Gasteiger partial charge in [0, 0.05) is 43.9 Å². The maximum Gasteiger partial charge on any atom is 0.412 e. The number of benzene rings is 3. The van der Waals surface area contributed by atoms with Gasteiger partial charge in [0.05, 0.1) is 12.8 Å². The Kier molecular flexibility index (Phi) is 10.2. The third-order valence-electron chi connectivity index (χ3n) is 6.08. The van der Waals surface area contributed by atoms with Gasteiger partial charge in [0.15, 0.2) is 5.78 Å². The Morgan fingerprint density at radius 3 is 2.17 bits per heavy atom. The number of methoxy groups -OCH3 is 1. The van der Waals surface area contributed by atoms with Crippen LogP contribution in [-0.2, 0) is 0 Å². The number of anilines is 1. The molecule has 3 aromatic carbocycles. The third kappa shape index (κ3) is 7.23. The molecule has 8 heteroatoms. The lowest BCUT2D eigenvalue weighted by Crippen LogP contribution is -2.47. The van der Waals surface area contributed by atoms with Crippen LogP contribution in [0.5, 0.6) is 11.5 Å². The molecule has 1 amide bonds. The van der Waals surface area contributed by atoms with Gasteiger partial charge < -0.3 is 19.7 Å². The predicted octanol–water partition coefficient (Wildman–Crippen LogP) is 4.65. The quantitative estimate of drug-likeness (QED) is 0.334. The molecule has 190 valence electrons. The predicted molar refractivity (Wildman–Crippen MR) is 144 cm³/mol. The number of ketones is 1. The van der Waals surface area contributed by atoms with Crippen molar-refractivity contribution < 1.29 is 19.1 Å². The van der Waals surface area contributed by atoms with Crippen molar-refractivity contribution in [3.8, 4) is 11.5 Å². The number of hydrogen-bond acceptors (Lipinski definition) is 6. The lowest BCUT2D eigenvalue weighted by atomic mass is 10.0. The smallest absolute Gasteiger partial charge is 0.412 e. The molecule has 1 saturated heterocycles. The highest BCUT2D eigenvalue weighted by molar-refractivity contribution is 6.09. The fraction of sp³-hybridized carbons (Fsp3) is 0.286. The Morgan fingerprint density at radius 2 is 1.47 bits per heavy atom. The lowest BCUT2D eigenvalue weighted by Gasteiger charge is -2.36. The molecule has 0 aromatic heterocycles. The van der Waals surface area contributed by atoms with Gasteiger partial charge in [-0.05, 0) is 49.4 Å². The molecule has 0 saturated carbocycles. The summed E-state index contributed by atoms with van der Waals surface area (Å²) in [6.45, 7) is 5.27. The van der Waals surface area contributed by atoms with E-state index in [-0.39, 0.29) is 18.2 Å². The molecule has 0 aliphatic carbocycles. The van der Waals surface area contributed by atoms with Gasteiger partial charge in [-0.25, -0.2) is 4.79 Å². The number of nitrogens with one attached hydrogen (secondary N) is 1. The monoisotopic (exact) mass is 509 g/mol. The first kappa shape index (κ1) is 27.0. The molecule has 1 fully saturated rings. The minimum absolute atomic E-state index is 0. The van der Waals surface area contributed by atoms with Gasteiger partial charge in [-0.15, -0.1) is 12.4 Å². The second-order valence-electron chi connectivity index (χ2n) is 8.39. The molecular weight excluding hydrogens is 478 g/mol. The number of amides is 1. The first-order valence-electron chi connectivity index (χ1n) is 11.9. The highest BCUT2D eigenvalue weighted by Gasteiger charge is 2.19. The van der Waals surface area contributed by atoms with E-state index in [2.05, 4.69) is 21.2 Å². The topological polar surface area (TPSA) is 71.1 Å². The van der Waals surface area contributed by atoms with Crippen LogP contribution in [0.15, 0.2) is 78.9 Å². The summed E-state index contributed by atoms with van der Waals surface area (Å²) < 4.78 is 10.8. The van der Waals surface area contributed by atoms with Crippen LogP contribution in [0.4, 0.5) is 10.5 Å². The molecule has 1 heterocycles. The van der Waals surface area contributed by atoms with E-state index >= 15 is 0 Å². The van der Waals surface area contributed by atoms with Gasteiger partial charge in [-0.2, -0.15) is 0 Å². The average Bonchev–Trinajstić information content (AvgIpc) is 2.92. The molecule has 0 radical (unpaired) electrons. The molecule has 36 heavy (non-hydrogen) atoms. The second-order valence-corrected chi connectivity index (χ2v) is 8.39. The van der Waals surface area contributed by atoms with Crippen molar-refractivity contribution in [2.45, 2.75) is 6.42 Å².